The normalized spacial score (nSPS) is 21.5. The van der Waals surface area contributed by atoms with Crippen molar-refractivity contribution in [3.63, 3.8) is 0 Å². The summed E-state index contributed by atoms with van der Waals surface area (Å²) in [6, 6.07) is 1.27. The molecule has 1 aliphatic rings. The van der Waals surface area contributed by atoms with Gasteiger partial charge in [-0.3, -0.25) is 19.2 Å². The van der Waals surface area contributed by atoms with Crippen molar-refractivity contribution in [3.05, 3.63) is 12.3 Å². The summed E-state index contributed by atoms with van der Waals surface area (Å²) in [6.45, 7) is 3.86. The zero-order valence-corrected chi connectivity index (χ0v) is 10.9. The number of aryl methyl sites for hydroxylation is 1. The van der Waals surface area contributed by atoms with E-state index >= 15 is 0 Å². The highest BCUT2D eigenvalue weighted by molar-refractivity contribution is 6.07. The predicted octanol–water partition coefficient (Wildman–Crippen LogP) is 0.758. The van der Waals surface area contributed by atoms with E-state index in [0.717, 1.165) is 12.2 Å². The Bertz CT molecular complexity index is 468. The molecule has 1 aromatic heterocycles. The van der Waals surface area contributed by atoms with Crippen LogP contribution in [0, 0.1) is 0 Å². The van der Waals surface area contributed by atoms with E-state index in [-0.39, 0.29) is 24.3 Å². The predicted molar refractivity (Wildman–Crippen MR) is 66.8 cm³/mol. The number of nitrogens with one attached hydrogen (secondary N) is 1. The van der Waals surface area contributed by atoms with Gasteiger partial charge >= 0.3 is 0 Å². The molecule has 1 aliphatic heterocycles. The molecular weight excluding hydrogens is 232 g/mol. The van der Waals surface area contributed by atoms with Crippen molar-refractivity contribution in [1.82, 2.24) is 14.7 Å². The molecule has 0 bridgehead atoms. The molecule has 6 nitrogen and oxygen atoms in total. The summed E-state index contributed by atoms with van der Waals surface area (Å²) in [5, 5.41) is 7.08. The highest BCUT2D eigenvalue weighted by Gasteiger charge is 2.40. The van der Waals surface area contributed by atoms with Gasteiger partial charge in [-0.1, -0.05) is 6.92 Å². The van der Waals surface area contributed by atoms with Gasteiger partial charge in [-0.2, -0.15) is 5.10 Å². The van der Waals surface area contributed by atoms with Crippen LogP contribution >= 0.6 is 0 Å². The highest BCUT2D eigenvalue weighted by Crippen LogP contribution is 2.21. The molecule has 0 radical (unpaired) electrons. The number of amides is 2. The molecule has 6 heteroatoms. The first kappa shape index (κ1) is 12.6. The van der Waals surface area contributed by atoms with E-state index in [0.29, 0.717) is 0 Å². The Hall–Kier alpha value is -1.85. The van der Waals surface area contributed by atoms with Crippen molar-refractivity contribution >= 4 is 17.6 Å². The van der Waals surface area contributed by atoms with E-state index in [2.05, 4.69) is 10.4 Å². The number of nitrogens with zero attached hydrogens (tertiary/aromatic N) is 3. The highest BCUT2D eigenvalue weighted by atomic mass is 16.2. The number of hydrogen-bond acceptors (Lipinski definition) is 4. The molecular formula is C12H18N4O2. The van der Waals surface area contributed by atoms with Crippen LogP contribution in [0.3, 0.4) is 0 Å². The SMILES string of the molecule is CCC(C)N1C(=O)CC(Nc2ccnn2C)C1=O. The molecule has 0 aromatic carbocycles. The molecule has 1 aromatic rings. The van der Waals surface area contributed by atoms with Crippen molar-refractivity contribution in [2.24, 2.45) is 7.05 Å². The summed E-state index contributed by atoms with van der Waals surface area (Å²) in [5.74, 6) is 0.497. The Morgan fingerprint density at radius 1 is 1.56 bits per heavy atom. The van der Waals surface area contributed by atoms with Gasteiger partial charge < -0.3 is 5.32 Å². The van der Waals surface area contributed by atoms with E-state index in [1.165, 1.54) is 4.90 Å². The molecule has 1 fully saturated rings. The second-order valence-electron chi connectivity index (χ2n) is 4.60. The summed E-state index contributed by atoms with van der Waals surface area (Å²) in [4.78, 5) is 25.4. The molecule has 1 N–H and O–H groups in total. The van der Waals surface area contributed by atoms with Gasteiger partial charge in [-0.05, 0) is 13.3 Å². The Morgan fingerprint density at radius 3 is 2.83 bits per heavy atom. The smallest absolute Gasteiger partial charge is 0.252 e. The van der Waals surface area contributed by atoms with Crippen LogP contribution in [0.1, 0.15) is 26.7 Å². The summed E-state index contributed by atoms with van der Waals surface area (Å²) >= 11 is 0. The van der Waals surface area contributed by atoms with Gasteiger partial charge in [0.2, 0.25) is 5.91 Å². The molecule has 0 saturated carbocycles. The summed E-state index contributed by atoms with van der Waals surface area (Å²) in [7, 11) is 1.79. The number of likely N-dealkylation sites (tertiary alicyclic amines) is 1. The van der Waals surface area contributed by atoms with E-state index in [9.17, 15) is 9.59 Å². The van der Waals surface area contributed by atoms with Gasteiger partial charge in [0.15, 0.2) is 0 Å². The topological polar surface area (TPSA) is 67.2 Å². The number of aromatic nitrogens is 2. The molecule has 18 heavy (non-hydrogen) atoms. The quantitative estimate of drug-likeness (QED) is 0.801. The maximum Gasteiger partial charge on any atom is 0.252 e. The van der Waals surface area contributed by atoms with E-state index in [1.54, 1.807) is 24.0 Å². The molecule has 2 unspecified atom stereocenters. The van der Waals surface area contributed by atoms with Crippen LogP contribution in [0.4, 0.5) is 5.82 Å². The van der Waals surface area contributed by atoms with Crippen molar-refractivity contribution in [1.29, 1.82) is 0 Å². The Balaban J connectivity index is 2.11. The van der Waals surface area contributed by atoms with Gasteiger partial charge in [-0.25, -0.2) is 0 Å². The summed E-state index contributed by atoms with van der Waals surface area (Å²) < 4.78 is 1.64. The van der Waals surface area contributed by atoms with Gasteiger partial charge in [0.1, 0.15) is 11.9 Å². The maximum atomic E-state index is 12.2. The third-order valence-electron chi connectivity index (χ3n) is 3.36. The van der Waals surface area contributed by atoms with Crippen LogP contribution in [0.5, 0.6) is 0 Å². The minimum Gasteiger partial charge on any atom is -0.358 e. The number of imide groups is 1. The monoisotopic (exact) mass is 250 g/mol. The minimum atomic E-state index is -0.470. The third-order valence-corrected chi connectivity index (χ3v) is 3.36. The van der Waals surface area contributed by atoms with Crippen molar-refractivity contribution < 1.29 is 9.59 Å². The Morgan fingerprint density at radius 2 is 2.28 bits per heavy atom. The molecule has 0 spiro atoms. The largest absolute Gasteiger partial charge is 0.358 e. The lowest BCUT2D eigenvalue weighted by Crippen LogP contribution is -2.40. The Kier molecular flexibility index (Phi) is 3.36. The second kappa shape index (κ2) is 4.80. The molecule has 0 aliphatic carbocycles. The summed E-state index contributed by atoms with van der Waals surface area (Å²) in [5.41, 5.74) is 0. The number of carbonyl (C=O) groups is 2. The summed E-state index contributed by atoms with van der Waals surface area (Å²) in [6.07, 6.45) is 2.64. The zero-order valence-electron chi connectivity index (χ0n) is 10.9. The first-order chi connectivity index (χ1) is 8.54. The maximum absolute atomic E-state index is 12.2. The first-order valence-corrected chi connectivity index (χ1v) is 6.15. The molecule has 2 heterocycles. The molecule has 2 amide bonds. The number of rotatable bonds is 4. The van der Waals surface area contributed by atoms with E-state index < -0.39 is 6.04 Å². The number of anilines is 1. The van der Waals surface area contributed by atoms with Crippen LogP contribution in [0.15, 0.2) is 12.3 Å². The van der Waals surface area contributed by atoms with E-state index in [1.807, 2.05) is 13.8 Å². The Labute approximate surface area is 106 Å². The molecule has 98 valence electrons. The fraction of sp³-hybridized carbons (Fsp3) is 0.583. The van der Waals surface area contributed by atoms with Gasteiger partial charge in [0.25, 0.3) is 5.91 Å². The fourth-order valence-corrected chi connectivity index (χ4v) is 2.10. The lowest BCUT2D eigenvalue weighted by Gasteiger charge is -2.21. The zero-order chi connectivity index (χ0) is 13.3. The van der Waals surface area contributed by atoms with Crippen LogP contribution < -0.4 is 5.32 Å². The average Bonchev–Trinajstić information content (AvgIpc) is 2.85. The molecule has 2 rings (SSSR count). The van der Waals surface area contributed by atoms with Gasteiger partial charge in [-0.15, -0.1) is 0 Å². The first-order valence-electron chi connectivity index (χ1n) is 6.15. The van der Waals surface area contributed by atoms with Crippen LogP contribution in [-0.4, -0.2) is 38.6 Å². The van der Waals surface area contributed by atoms with Gasteiger partial charge in [0.05, 0.1) is 12.6 Å². The molecule has 2 atom stereocenters. The van der Waals surface area contributed by atoms with Crippen molar-refractivity contribution in [3.8, 4) is 0 Å². The number of hydrogen-bond donors (Lipinski definition) is 1. The van der Waals surface area contributed by atoms with E-state index in [4.69, 9.17) is 0 Å². The van der Waals surface area contributed by atoms with Crippen LogP contribution in [0.25, 0.3) is 0 Å². The van der Waals surface area contributed by atoms with Crippen LogP contribution in [-0.2, 0) is 16.6 Å². The second-order valence-corrected chi connectivity index (χ2v) is 4.60. The van der Waals surface area contributed by atoms with Crippen LogP contribution in [0.2, 0.25) is 0 Å². The van der Waals surface area contributed by atoms with Crippen molar-refractivity contribution in [2.45, 2.75) is 38.8 Å². The number of carbonyl (C=O) groups excluding carboxylic acids is 2. The fourth-order valence-electron chi connectivity index (χ4n) is 2.10. The average molecular weight is 250 g/mol. The molecule has 1 saturated heterocycles. The lowest BCUT2D eigenvalue weighted by atomic mass is 10.2. The minimum absolute atomic E-state index is 0.0386. The standard InChI is InChI=1S/C12H18N4O2/c1-4-8(2)16-11(17)7-9(12(16)18)14-10-5-6-13-15(10)3/h5-6,8-9,14H,4,7H2,1-3H3. The van der Waals surface area contributed by atoms with Gasteiger partial charge in [0, 0.05) is 19.2 Å². The van der Waals surface area contributed by atoms with Crippen molar-refractivity contribution in [2.75, 3.05) is 5.32 Å². The third kappa shape index (κ3) is 2.10. The lowest BCUT2D eigenvalue weighted by molar-refractivity contribution is -0.140.